The van der Waals surface area contributed by atoms with Crippen LogP contribution < -0.4 is 16.9 Å². The van der Waals surface area contributed by atoms with Crippen LogP contribution in [0.15, 0.2) is 35.7 Å². The van der Waals surface area contributed by atoms with Gasteiger partial charge in [0.15, 0.2) is 23.8 Å². The number of rotatable bonds is 5. The Balaban J connectivity index is 1.61. The maximum absolute atomic E-state index is 11.4. The Labute approximate surface area is 170 Å². The minimum atomic E-state index is -1.49. The van der Waals surface area contributed by atoms with Gasteiger partial charge in [-0.2, -0.15) is 15.1 Å². The predicted octanol–water partition coefficient (Wildman–Crippen LogP) is -0.733. The van der Waals surface area contributed by atoms with Crippen LogP contribution in [-0.2, 0) is 9.53 Å². The number of carbonyl (C=O) groups excluding carboxylic acids is 1. The number of hydrogen-bond acceptors (Lipinski definition) is 10. The minimum Gasteiger partial charge on any atom is -0.387 e. The van der Waals surface area contributed by atoms with Crippen molar-refractivity contribution >= 4 is 35.1 Å². The van der Waals surface area contributed by atoms with E-state index in [1.54, 1.807) is 6.21 Å². The molecule has 4 atom stereocenters. The summed E-state index contributed by atoms with van der Waals surface area (Å²) in [5, 5.41) is 24.4. The molecular weight excluding hydrogens is 392 g/mol. The van der Waals surface area contributed by atoms with Crippen LogP contribution in [0.2, 0.25) is 0 Å². The van der Waals surface area contributed by atoms with Gasteiger partial charge in [0.2, 0.25) is 11.9 Å². The summed E-state index contributed by atoms with van der Waals surface area (Å²) in [5.74, 6) is -0.730. The minimum absolute atomic E-state index is 0.0753. The first kappa shape index (κ1) is 19.7. The first-order valence-corrected chi connectivity index (χ1v) is 9.02. The van der Waals surface area contributed by atoms with Crippen LogP contribution in [0.1, 0.15) is 17.4 Å². The summed E-state index contributed by atoms with van der Waals surface area (Å²) in [5.41, 5.74) is 16.4. The van der Waals surface area contributed by atoms with E-state index >= 15 is 0 Å². The highest BCUT2D eigenvalue weighted by atomic mass is 16.6. The number of aliphatic hydroxyl groups excluding tert-OH is 2. The second kappa shape index (κ2) is 7.67. The molecule has 1 amide bonds. The maximum Gasteiger partial charge on any atom is 0.249 e. The van der Waals surface area contributed by atoms with E-state index < -0.39 is 30.4 Å². The zero-order chi connectivity index (χ0) is 21.4. The first-order chi connectivity index (χ1) is 14.3. The number of nitrogens with two attached hydrogens (primary N) is 2. The summed E-state index contributed by atoms with van der Waals surface area (Å²) in [7, 11) is 0. The van der Waals surface area contributed by atoms with Gasteiger partial charge in [-0.05, 0) is 12.5 Å². The molecule has 3 heterocycles. The molecule has 0 unspecified atom stereocenters. The van der Waals surface area contributed by atoms with E-state index in [1.807, 2.05) is 31.2 Å². The number of aryl methyl sites for hydroxylation is 1. The number of benzene rings is 1. The second-order valence-corrected chi connectivity index (χ2v) is 6.87. The lowest BCUT2D eigenvalue weighted by Crippen LogP contribution is -2.39. The Kier molecular flexibility index (Phi) is 5.03. The van der Waals surface area contributed by atoms with Crippen LogP contribution in [0.3, 0.4) is 0 Å². The van der Waals surface area contributed by atoms with Gasteiger partial charge >= 0.3 is 0 Å². The number of carbonyl (C=O) groups is 1. The number of hydrogen-bond donors (Lipinski definition) is 5. The number of aliphatic hydroxyl groups is 2. The Morgan fingerprint density at radius 1 is 1.27 bits per heavy atom. The molecular formula is C18H20N8O4. The van der Waals surface area contributed by atoms with E-state index in [9.17, 15) is 15.0 Å². The van der Waals surface area contributed by atoms with Crippen molar-refractivity contribution in [3.8, 4) is 0 Å². The normalized spacial score (nSPS) is 24.0. The van der Waals surface area contributed by atoms with Gasteiger partial charge in [-0.15, -0.1) is 0 Å². The molecule has 12 heteroatoms. The third kappa shape index (κ3) is 3.54. The molecule has 1 aliphatic rings. The zero-order valence-electron chi connectivity index (χ0n) is 15.9. The van der Waals surface area contributed by atoms with Crippen molar-refractivity contribution in [3.63, 3.8) is 0 Å². The monoisotopic (exact) mass is 412 g/mol. The van der Waals surface area contributed by atoms with Crippen molar-refractivity contribution in [2.45, 2.75) is 31.5 Å². The third-order valence-corrected chi connectivity index (χ3v) is 4.70. The number of hydrazone groups is 1. The number of nitrogens with one attached hydrogen (secondary N) is 1. The fourth-order valence-electron chi connectivity index (χ4n) is 3.12. The summed E-state index contributed by atoms with van der Waals surface area (Å²) < 4.78 is 6.77. The highest BCUT2D eigenvalue weighted by Gasteiger charge is 2.47. The topological polar surface area (TPSA) is 187 Å². The van der Waals surface area contributed by atoms with Gasteiger partial charge in [-0.25, -0.2) is 10.4 Å². The average Bonchev–Trinajstić information content (AvgIpc) is 3.25. The number of primary amides is 1. The second-order valence-electron chi connectivity index (χ2n) is 6.87. The molecule has 1 saturated heterocycles. The van der Waals surface area contributed by atoms with E-state index in [0.29, 0.717) is 0 Å². The van der Waals surface area contributed by atoms with Crippen molar-refractivity contribution in [1.29, 1.82) is 0 Å². The molecule has 0 saturated carbocycles. The number of nitrogens with zero attached hydrogens (tertiary/aromatic N) is 5. The lowest BCUT2D eigenvalue weighted by atomic mass is 10.1. The molecule has 2 aromatic heterocycles. The number of imidazole rings is 1. The van der Waals surface area contributed by atoms with E-state index in [1.165, 1.54) is 10.9 Å². The summed E-state index contributed by atoms with van der Waals surface area (Å²) in [4.78, 5) is 24.0. The maximum atomic E-state index is 11.4. The van der Waals surface area contributed by atoms with Crippen LogP contribution in [0, 0.1) is 6.92 Å². The van der Waals surface area contributed by atoms with Crippen molar-refractivity contribution in [1.82, 2.24) is 19.5 Å². The van der Waals surface area contributed by atoms with E-state index in [-0.39, 0.29) is 22.9 Å². The highest BCUT2D eigenvalue weighted by molar-refractivity contribution is 5.84. The largest absolute Gasteiger partial charge is 0.387 e. The standard InChI is InChI=1S/C18H20N8O4/c1-8-2-4-9(5-3-8)6-22-25-18-23-14(19)10-16(24-18)26(7-21-10)17-12(28)11(27)13(30-17)15(20)29/h2-7,11-13,17,27-28H,1H3,(H2,20,29)(H3,19,23,24,25)/b22-6+/t11-,12+,13-,17+/m0/s1. The molecule has 1 aromatic carbocycles. The molecule has 0 aliphatic carbocycles. The molecule has 30 heavy (non-hydrogen) atoms. The van der Waals surface area contributed by atoms with Gasteiger partial charge in [-0.1, -0.05) is 29.8 Å². The summed E-state index contributed by atoms with van der Waals surface area (Å²) >= 11 is 0. The van der Waals surface area contributed by atoms with Crippen LogP contribution >= 0.6 is 0 Å². The number of nitrogen functional groups attached to an aromatic ring is 1. The number of anilines is 2. The van der Waals surface area contributed by atoms with Crippen LogP contribution in [0.4, 0.5) is 11.8 Å². The van der Waals surface area contributed by atoms with E-state index in [2.05, 4.69) is 25.5 Å². The lowest BCUT2D eigenvalue weighted by molar-refractivity contribution is -0.134. The van der Waals surface area contributed by atoms with Crippen LogP contribution in [0.25, 0.3) is 11.2 Å². The molecule has 0 bridgehead atoms. The number of amides is 1. The van der Waals surface area contributed by atoms with Gasteiger partial charge in [0.25, 0.3) is 0 Å². The molecule has 7 N–H and O–H groups in total. The summed E-state index contributed by atoms with van der Waals surface area (Å²) in [6.45, 7) is 1.99. The van der Waals surface area contributed by atoms with Gasteiger partial charge in [0.1, 0.15) is 17.7 Å². The molecule has 0 radical (unpaired) electrons. The predicted molar refractivity (Wildman–Crippen MR) is 107 cm³/mol. The van der Waals surface area contributed by atoms with E-state index in [4.69, 9.17) is 16.2 Å². The van der Waals surface area contributed by atoms with Gasteiger partial charge in [-0.3, -0.25) is 9.36 Å². The number of aromatic nitrogens is 4. The van der Waals surface area contributed by atoms with Crippen molar-refractivity contribution in [3.05, 3.63) is 41.7 Å². The molecule has 12 nitrogen and oxygen atoms in total. The SMILES string of the molecule is Cc1ccc(/C=N/Nc2nc(N)c3ncn([C@@H]4O[C@H](C(N)=O)[C@@H](O)[C@H]4O)c3n2)cc1. The fraction of sp³-hybridized carbons (Fsp3) is 0.278. The average molecular weight is 412 g/mol. The molecule has 0 spiro atoms. The van der Waals surface area contributed by atoms with Gasteiger partial charge < -0.3 is 26.4 Å². The highest BCUT2D eigenvalue weighted by Crippen LogP contribution is 2.32. The summed E-state index contributed by atoms with van der Waals surface area (Å²) in [6, 6.07) is 7.74. The van der Waals surface area contributed by atoms with Crippen molar-refractivity contribution in [2.75, 3.05) is 11.2 Å². The molecule has 1 fully saturated rings. The first-order valence-electron chi connectivity index (χ1n) is 9.02. The van der Waals surface area contributed by atoms with Gasteiger partial charge in [0.05, 0.1) is 12.5 Å². The lowest BCUT2D eigenvalue weighted by Gasteiger charge is -2.16. The van der Waals surface area contributed by atoms with E-state index in [0.717, 1.165) is 11.1 Å². The van der Waals surface area contributed by atoms with Gasteiger partial charge in [0, 0.05) is 0 Å². The fourth-order valence-corrected chi connectivity index (χ4v) is 3.12. The molecule has 3 aromatic rings. The Morgan fingerprint density at radius 3 is 2.67 bits per heavy atom. The Morgan fingerprint density at radius 2 is 2.00 bits per heavy atom. The molecule has 4 rings (SSSR count). The molecule has 156 valence electrons. The molecule has 1 aliphatic heterocycles. The Hall–Kier alpha value is -3.61. The Bertz CT molecular complexity index is 1110. The number of fused-ring (bicyclic) bond motifs is 1. The summed E-state index contributed by atoms with van der Waals surface area (Å²) in [6.07, 6.45) is -2.50. The zero-order valence-corrected chi connectivity index (χ0v) is 15.9. The number of ether oxygens (including phenoxy) is 1. The smallest absolute Gasteiger partial charge is 0.249 e. The quantitative estimate of drug-likeness (QED) is 0.266. The van der Waals surface area contributed by atoms with Crippen molar-refractivity contribution in [2.24, 2.45) is 10.8 Å². The van der Waals surface area contributed by atoms with Crippen molar-refractivity contribution < 1.29 is 19.7 Å². The van der Waals surface area contributed by atoms with Crippen LogP contribution in [0.5, 0.6) is 0 Å². The van der Waals surface area contributed by atoms with Crippen LogP contribution in [-0.4, -0.2) is 60.2 Å². The third-order valence-electron chi connectivity index (χ3n) is 4.70.